The molecule has 0 spiro atoms. The second kappa shape index (κ2) is 4.46. The summed E-state index contributed by atoms with van der Waals surface area (Å²) in [4.78, 5) is 10.8. The molecule has 1 saturated carbocycles. The minimum absolute atomic E-state index is 0.253. The molecule has 1 aliphatic rings. The highest BCUT2D eigenvalue weighted by Crippen LogP contribution is 2.45. The molecule has 0 radical (unpaired) electrons. The van der Waals surface area contributed by atoms with E-state index in [9.17, 15) is 4.79 Å². The molecule has 1 heteroatoms. The zero-order chi connectivity index (χ0) is 10.8. The molecule has 1 aliphatic carbocycles. The number of hydrogen-bond donors (Lipinski definition) is 0. The van der Waals surface area contributed by atoms with Crippen LogP contribution in [0.25, 0.3) is 0 Å². The molecule has 14 heavy (non-hydrogen) atoms. The molecular weight excluding hydrogens is 172 g/mol. The van der Waals surface area contributed by atoms with Crippen molar-refractivity contribution in [3.05, 3.63) is 0 Å². The zero-order valence-electron chi connectivity index (χ0n) is 10.0. The van der Waals surface area contributed by atoms with Gasteiger partial charge in [-0.2, -0.15) is 0 Å². The maximum absolute atomic E-state index is 10.8. The first-order valence-corrected chi connectivity index (χ1v) is 5.94. The molecule has 0 aromatic carbocycles. The van der Waals surface area contributed by atoms with E-state index >= 15 is 0 Å². The van der Waals surface area contributed by atoms with Crippen LogP contribution in [0.15, 0.2) is 0 Å². The molecule has 0 saturated heterocycles. The molecule has 0 bridgehead atoms. The Labute approximate surface area is 88.3 Å². The first-order chi connectivity index (χ1) is 6.48. The Balaban J connectivity index is 2.65. The van der Waals surface area contributed by atoms with Crippen molar-refractivity contribution in [2.24, 2.45) is 23.2 Å². The van der Waals surface area contributed by atoms with Crippen LogP contribution in [0.5, 0.6) is 0 Å². The van der Waals surface area contributed by atoms with Crippen molar-refractivity contribution in [3.63, 3.8) is 0 Å². The normalized spacial score (nSPS) is 33.7. The van der Waals surface area contributed by atoms with Gasteiger partial charge in [0.05, 0.1) is 0 Å². The molecular formula is C13H24O. The summed E-state index contributed by atoms with van der Waals surface area (Å²) in [5.41, 5.74) is 0.445. The van der Waals surface area contributed by atoms with Gasteiger partial charge in [-0.25, -0.2) is 0 Å². The predicted molar refractivity (Wildman–Crippen MR) is 60.1 cm³/mol. The molecule has 1 nitrogen and oxygen atoms in total. The predicted octanol–water partition coefficient (Wildman–Crippen LogP) is 3.67. The molecule has 0 unspecified atom stereocenters. The molecule has 0 amide bonds. The lowest BCUT2D eigenvalue weighted by Crippen LogP contribution is -2.32. The topological polar surface area (TPSA) is 17.1 Å². The number of carbonyl (C=O) groups excluding carboxylic acids is 1. The molecule has 0 aromatic rings. The Morgan fingerprint density at radius 1 is 1.43 bits per heavy atom. The van der Waals surface area contributed by atoms with Crippen molar-refractivity contribution in [3.8, 4) is 0 Å². The first kappa shape index (κ1) is 11.7. The van der Waals surface area contributed by atoms with E-state index in [1.54, 1.807) is 0 Å². The number of carbonyl (C=O) groups is 1. The first-order valence-electron chi connectivity index (χ1n) is 5.94. The van der Waals surface area contributed by atoms with Crippen LogP contribution in [0, 0.1) is 23.2 Å². The third-order valence-electron chi connectivity index (χ3n) is 3.83. The van der Waals surface area contributed by atoms with Crippen LogP contribution < -0.4 is 0 Å². The Kier molecular flexibility index (Phi) is 3.74. The second-order valence-corrected chi connectivity index (χ2v) is 5.84. The van der Waals surface area contributed by atoms with Gasteiger partial charge in [0.25, 0.3) is 0 Å². The van der Waals surface area contributed by atoms with Crippen LogP contribution in [-0.4, -0.2) is 6.29 Å². The van der Waals surface area contributed by atoms with Gasteiger partial charge in [0.2, 0.25) is 0 Å². The monoisotopic (exact) mass is 196 g/mol. The fourth-order valence-electron chi connectivity index (χ4n) is 2.99. The van der Waals surface area contributed by atoms with Crippen LogP contribution >= 0.6 is 0 Å². The average Bonchev–Trinajstić information content (AvgIpc) is 2.14. The van der Waals surface area contributed by atoms with Gasteiger partial charge in [-0.15, -0.1) is 0 Å². The minimum Gasteiger partial charge on any atom is -0.303 e. The summed E-state index contributed by atoms with van der Waals surface area (Å²) < 4.78 is 0. The summed E-state index contributed by atoms with van der Waals surface area (Å²) in [5.74, 6) is 1.72. The minimum atomic E-state index is 0.253. The highest BCUT2D eigenvalue weighted by molar-refractivity contribution is 5.53. The fourth-order valence-corrected chi connectivity index (χ4v) is 2.99. The van der Waals surface area contributed by atoms with Gasteiger partial charge in [-0.05, 0) is 36.5 Å². The fraction of sp³-hybridized carbons (Fsp3) is 0.923. The third kappa shape index (κ3) is 2.83. The quantitative estimate of drug-likeness (QED) is 0.629. The lowest BCUT2D eigenvalue weighted by Gasteiger charge is -2.41. The number of hydrogen-bond acceptors (Lipinski definition) is 1. The molecule has 1 rings (SSSR count). The van der Waals surface area contributed by atoms with Gasteiger partial charge in [-0.3, -0.25) is 0 Å². The number of aldehydes is 1. The molecule has 82 valence electrons. The van der Waals surface area contributed by atoms with Crippen LogP contribution in [0.4, 0.5) is 0 Å². The maximum atomic E-state index is 10.8. The molecule has 3 atom stereocenters. The smallest absolute Gasteiger partial charge is 0.123 e. The molecule has 1 fully saturated rings. The van der Waals surface area contributed by atoms with Crippen molar-refractivity contribution in [2.45, 2.75) is 53.4 Å². The molecule has 0 aromatic heterocycles. The van der Waals surface area contributed by atoms with Gasteiger partial charge in [0.15, 0.2) is 0 Å². The van der Waals surface area contributed by atoms with E-state index in [1.165, 1.54) is 25.7 Å². The van der Waals surface area contributed by atoms with E-state index in [4.69, 9.17) is 0 Å². The summed E-state index contributed by atoms with van der Waals surface area (Å²) in [5, 5.41) is 0. The summed E-state index contributed by atoms with van der Waals surface area (Å²) in [6, 6.07) is 0. The van der Waals surface area contributed by atoms with E-state index in [2.05, 4.69) is 27.7 Å². The Morgan fingerprint density at radius 3 is 2.57 bits per heavy atom. The van der Waals surface area contributed by atoms with Gasteiger partial charge in [0, 0.05) is 5.92 Å². The van der Waals surface area contributed by atoms with Gasteiger partial charge >= 0.3 is 0 Å². The van der Waals surface area contributed by atoms with E-state index in [0.29, 0.717) is 11.3 Å². The highest BCUT2D eigenvalue weighted by atomic mass is 16.1. The zero-order valence-corrected chi connectivity index (χ0v) is 10.0. The van der Waals surface area contributed by atoms with E-state index in [0.717, 1.165) is 12.2 Å². The SMILES string of the molecule is CC[C@@H]1C[C@@H]([C@@H](C)C=O)CC(C)(C)C1. The molecule has 0 aliphatic heterocycles. The van der Waals surface area contributed by atoms with Crippen LogP contribution in [0.2, 0.25) is 0 Å². The van der Waals surface area contributed by atoms with E-state index in [1.807, 2.05) is 0 Å². The lowest BCUT2D eigenvalue weighted by atomic mass is 9.64. The Morgan fingerprint density at radius 2 is 2.07 bits per heavy atom. The van der Waals surface area contributed by atoms with E-state index in [-0.39, 0.29) is 5.92 Å². The standard InChI is InChI=1S/C13H24O/c1-5-11-6-12(10(2)9-14)8-13(3,4)7-11/h9-12H,5-8H2,1-4H3/t10-,11+,12+/m0/s1. The summed E-state index contributed by atoms with van der Waals surface area (Å²) in [6.45, 7) is 9.04. The van der Waals surface area contributed by atoms with Gasteiger partial charge in [0.1, 0.15) is 6.29 Å². The summed E-state index contributed by atoms with van der Waals surface area (Å²) in [7, 11) is 0. The Hall–Kier alpha value is -0.330. The maximum Gasteiger partial charge on any atom is 0.123 e. The van der Waals surface area contributed by atoms with E-state index < -0.39 is 0 Å². The van der Waals surface area contributed by atoms with Crippen LogP contribution in [0.3, 0.4) is 0 Å². The summed E-state index contributed by atoms with van der Waals surface area (Å²) in [6.07, 6.45) is 6.24. The van der Waals surface area contributed by atoms with Crippen molar-refractivity contribution >= 4 is 6.29 Å². The van der Waals surface area contributed by atoms with Crippen molar-refractivity contribution < 1.29 is 4.79 Å². The van der Waals surface area contributed by atoms with Gasteiger partial charge in [-0.1, -0.05) is 34.1 Å². The third-order valence-corrected chi connectivity index (χ3v) is 3.83. The molecule has 0 N–H and O–H groups in total. The van der Waals surface area contributed by atoms with Gasteiger partial charge < -0.3 is 4.79 Å². The largest absolute Gasteiger partial charge is 0.303 e. The average molecular weight is 196 g/mol. The lowest BCUT2D eigenvalue weighted by molar-refractivity contribution is -0.113. The number of rotatable bonds is 3. The summed E-state index contributed by atoms with van der Waals surface area (Å²) >= 11 is 0. The highest BCUT2D eigenvalue weighted by Gasteiger charge is 2.35. The molecule has 0 heterocycles. The van der Waals surface area contributed by atoms with Crippen molar-refractivity contribution in [1.29, 1.82) is 0 Å². The second-order valence-electron chi connectivity index (χ2n) is 5.84. The Bertz CT molecular complexity index is 195. The van der Waals surface area contributed by atoms with Crippen molar-refractivity contribution in [2.75, 3.05) is 0 Å². The van der Waals surface area contributed by atoms with Crippen LogP contribution in [-0.2, 0) is 4.79 Å². The van der Waals surface area contributed by atoms with Crippen molar-refractivity contribution in [1.82, 2.24) is 0 Å². The van der Waals surface area contributed by atoms with Crippen LogP contribution in [0.1, 0.15) is 53.4 Å².